The van der Waals surface area contributed by atoms with Gasteiger partial charge >= 0.3 is 0 Å². The maximum absolute atomic E-state index is 11.2. The van der Waals surface area contributed by atoms with Crippen LogP contribution in [0.3, 0.4) is 0 Å². The maximum atomic E-state index is 11.2. The first-order valence-electron chi connectivity index (χ1n) is 5.85. The summed E-state index contributed by atoms with van der Waals surface area (Å²) < 4.78 is 0. The number of carbonyl (C=O) groups excluding carboxylic acids is 1. The molecule has 2 aliphatic rings. The maximum Gasteiger partial charge on any atom is 0.221 e. The molecular formula is C11H20N2O2. The second-order valence-corrected chi connectivity index (χ2v) is 4.67. The van der Waals surface area contributed by atoms with E-state index in [9.17, 15) is 9.90 Å². The van der Waals surface area contributed by atoms with Crippen molar-refractivity contribution in [3.05, 3.63) is 0 Å². The molecule has 2 saturated heterocycles. The van der Waals surface area contributed by atoms with Gasteiger partial charge in [0.15, 0.2) is 0 Å². The van der Waals surface area contributed by atoms with Crippen LogP contribution in [-0.2, 0) is 4.79 Å². The van der Waals surface area contributed by atoms with Crippen LogP contribution in [0.2, 0.25) is 0 Å². The molecular weight excluding hydrogens is 192 g/mol. The van der Waals surface area contributed by atoms with E-state index in [1.165, 1.54) is 12.8 Å². The summed E-state index contributed by atoms with van der Waals surface area (Å²) in [5.41, 5.74) is 0. The van der Waals surface area contributed by atoms with Crippen molar-refractivity contribution >= 4 is 5.91 Å². The Morgan fingerprint density at radius 3 is 2.53 bits per heavy atom. The Kier molecular flexibility index (Phi) is 3.26. The molecule has 2 heterocycles. The molecule has 2 unspecified atom stereocenters. The third-order valence-electron chi connectivity index (χ3n) is 3.74. The fourth-order valence-electron chi connectivity index (χ4n) is 2.97. The van der Waals surface area contributed by atoms with Crippen molar-refractivity contribution in [2.24, 2.45) is 0 Å². The van der Waals surface area contributed by atoms with E-state index in [0.29, 0.717) is 18.5 Å². The lowest BCUT2D eigenvalue weighted by atomic mass is 10.00. The Balaban J connectivity index is 1.86. The predicted octanol–water partition coefficient (Wildman–Crippen LogP) is 0.110. The van der Waals surface area contributed by atoms with Gasteiger partial charge in [0.25, 0.3) is 0 Å². The van der Waals surface area contributed by atoms with Crippen LogP contribution in [0.1, 0.15) is 32.1 Å². The highest BCUT2D eigenvalue weighted by molar-refractivity contribution is 5.75. The largest absolute Gasteiger partial charge is 0.393 e. The van der Waals surface area contributed by atoms with Crippen LogP contribution in [0.5, 0.6) is 0 Å². The number of carbonyl (C=O) groups is 1. The highest BCUT2D eigenvalue weighted by Gasteiger charge is 2.39. The normalized spacial score (nSPS) is 35.5. The first-order valence-corrected chi connectivity index (χ1v) is 5.85. The molecule has 86 valence electrons. The van der Waals surface area contributed by atoms with Crippen molar-refractivity contribution in [2.75, 3.05) is 13.6 Å². The summed E-state index contributed by atoms with van der Waals surface area (Å²) in [5.74, 6) is 0.112. The zero-order chi connectivity index (χ0) is 10.8. The second-order valence-electron chi connectivity index (χ2n) is 4.67. The minimum absolute atomic E-state index is 0.112. The highest BCUT2D eigenvalue weighted by Crippen LogP contribution is 2.35. The zero-order valence-corrected chi connectivity index (χ0v) is 9.28. The van der Waals surface area contributed by atoms with Crippen LogP contribution >= 0.6 is 0 Å². The molecule has 0 spiro atoms. The van der Waals surface area contributed by atoms with Gasteiger partial charge in [0.2, 0.25) is 5.91 Å². The number of nitrogens with zero attached hydrogens (tertiary/aromatic N) is 1. The molecule has 15 heavy (non-hydrogen) atoms. The van der Waals surface area contributed by atoms with Gasteiger partial charge in [-0.15, -0.1) is 0 Å². The van der Waals surface area contributed by atoms with Crippen molar-refractivity contribution in [1.29, 1.82) is 0 Å². The van der Waals surface area contributed by atoms with Crippen LogP contribution in [-0.4, -0.2) is 47.7 Å². The summed E-state index contributed by atoms with van der Waals surface area (Å²) in [4.78, 5) is 13.6. The molecule has 2 bridgehead atoms. The summed E-state index contributed by atoms with van der Waals surface area (Å²) in [6.45, 7) is 0.849. The van der Waals surface area contributed by atoms with Crippen LogP contribution in [0.15, 0.2) is 0 Å². The Labute approximate surface area is 90.6 Å². The third-order valence-corrected chi connectivity index (χ3v) is 3.74. The number of aliphatic hydroxyl groups is 1. The van der Waals surface area contributed by atoms with Gasteiger partial charge in [0.1, 0.15) is 0 Å². The number of amides is 1. The smallest absolute Gasteiger partial charge is 0.221 e. The monoisotopic (exact) mass is 212 g/mol. The number of aliphatic hydroxyl groups excluding tert-OH is 1. The lowest BCUT2D eigenvalue weighted by Gasteiger charge is -2.36. The zero-order valence-electron chi connectivity index (χ0n) is 9.28. The van der Waals surface area contributed by atoms with Crippen molar-refractivity contribution in [1.82, 2.24) is 10.2 Å². The number of fused-ring (bicyclic) bond motifs is 2. The molecule has 2 atom stereocenters. The summed E-state index contributed by atoms with van der Waals surface area (Å²) in [5, 5.41) is 12.3. The van der Waals surface area contributed by atoms with Crippen molar-refractivity contribution < 1.29 is 9.90 Å². The predicted molar refractivity (Wildman–Crippen MR) is 57.4 cm³/mol. The van der Waals surface area contributed by atoms with Gasteiger partial charge in [0, 0.05) is 32.1 Å². The average Bonchev–Trinajstić information content (AvgIpc) is 2.46. The highest BCUT2D eigenvalue weighted by atomic mass is 16.3. The van der Waals surface area contributed by atoms with Gasteiger partial charge in [-0.3, -0.25) is 9.69 Å². The van der Waals surface area contributed by atoms with Crippen molar-refractivity contribution in [3.8, 4) is 0 Å². The molecule has 0 saturated carbocycles. The number of nitrogens with one attached hydrogen (secondary N) is 1. The van der Waals surface area contributed by atoms with Gasteiger partial charge < -0.3 is 10.4 Å². The summed E-state index contributed by atoms with van der Waals surface area (Å²) in [7, 11) is 1.68. The first-order chi connectivity index (χ1) is 7.20. The van der Waals surface area contributed by atoms with Crippen LogP contribution in [0.4, 0.5) is 0 Å². The third kappa shape index (κ3) is 2.32. The van der Waals surface area contributed by atoms with E-state index in [-0.39, 0.29) is 12.0 Å². The molecule has 2 rings (SSSR count). The average molecular weight is 212 g/mol. The molecule has 0 aliphatic carbocycles. The van der Waals surface area contributed by atoms with Crippen molar-refractivity contribution in [3.63, 3.8) is 0 Å². The Morgan fingerprint density at radius 2 is 2.00 bits per heavy atom. The standard InChI is InChI=1S/C11H20N2O2/c1-12-11(15)4-5-13-8-2-3-9(13)7-10(14)6-8/h8-10,14H,2-7H2,1H3,(H,12,15). The van der Waals surface area contributed by atoms with Crippen LogP contribution in [0.25, 0.3) is 0 Å². The molecule has 0 radical (unpaired) electrons. The molecule has 0 aromatic rings. The Morgan fingerprint density at radius 1 is 1.40 bits per heavy atom. The van der Waals surface area contributed by atoms with Crippen molar-refractivity contribution in [2.45, 2.75) is 50.3 Å². The topological polar surface area (TPSA) is 52.6 Å². The summed E-state index contributed by atoms with van der Waals surface area (Å²) in [6.07, 6.45) is 4.64. The minimum Gasteiger partial charge on any atom is -0.393 e. The van der Waals surface area contributed by atoms with E-state index in [1.807, 2.05) is 0 Å². The van der Waals surface area contributed by atoms with Gasteiger partial charge in [-0.1, -0.05) is 0 Å². The van der Waals surface area contributed by atoms with E-state index in [1.54, 1.807) is 7.05 Å². The quantitative estimate of drug-likeness (QED) is 0.698. The number of hydrogen-bond donors (Lipinski definition) is 2. The second kappa shape index (κ2) is 4.49. The fraction of sp³-hybridized carbons (Fsp3) is 0.909. The fourth-order valence-corrected chi connectivity index (χ4v) is 2.97. The molecule has 2 aliphatic heterocycles. The minimum atomic E-state index is -0.112. The number of rotatable bonds is 3. The molecule has 4 heteroatoms. The van der Waals surface area contributed by atoms with E-state index in [0.717, 1.165) is 19.4 Å². The number of hydrogen-bond acceptors (Lipinski definition) is 3. The van der Waals surface area contributed by atoms with E-state index in [4.69, 9.17) is 0 Å². The lowest BCUT2D eigenvalue weighted by molar-refractivity contribution is -0.121. The molecule has 2 N–H and O–H groups in total. The van der Waals surface area contributed by atoms with Gasteiger partial charge in [-0.25, -0.2) is 0 Å². The molecule has 2 fully saturated rings. The van der Waals surface area contributed by atoms with Gasteiger partial charge in [-0.2, -0.15) is 0 Å². The number of piperidine rings is 1. The van der Waals surface area contributed by atoms with E-state index < -0.39 is 0 Å². The Hall–Kier alpha value is -0.610. The van der Waals surface area contributed by atoms with Crippen LogP contribution < -0.4 is 5.32 Å². The lowest BCUT2D eigenvalue weighted by Crippen LogP contribution is -2.45. The van der Waals surface area contributed by atoms with E-state index in [2.05, 4.69) is 10.2 Å². The first kappa shape index (κ1) is 10.9. The summed E-state index contributed by atoms with van der Waals surface area (Å²) >= 11 is 0. The molecule has 1 amide bonds. The van der Waals surface area contributed by atoms with Gasteiger partial charge in [-0.05, 0) is 25.7 Å². The molecule has 0 aromatic heterocycles. The van der Waals surface area contributed by atoms with Gasteiger partial charge in [0.05, 0.1) is 6.10 Å². The SMILES string of the molecule is CNC(=O)CCN1C2CCC1CC(O)C2. The summed E-state index contributed by atoms with van der Waals surface area (Å²) in [6, 6.07) is 1.03. The van der Waals surface area contributed by atoms with E-state index >= 15 is 0 Å². The Bertz CT molecular complexity index is 231. The molecule has 0 aromatic carbocycles. The molecule has 4 nitrogen and oxygen atoms in total. The van der Waals surface area contributed by atoms with Crippen LogP contribution in [0, 0.1) is 0 Å².